The van der Waals surface area contributed by atoms with Crippen LogP contribution in [-0.2, 0) is 21.2 Å². The molecule has 0 radical (unpaired) electrons. The van der Waals surface area contributed by atoms with Gasteiger partial charge in [-0.05, 0) is 48.7 Å². The van der Waals surface area contributed by atoms with Crippen molar-refractivity contribution in [1.29, 1.82) is 0 Å². The quantitative estimate of drug-likeness (QED) is 0.693. The van der Waals surface area contributed by atoms with Gasteiger partial charge in [-0.1, -0.05) is 39.0 Å². The molecule has 28 heavy (non-hydrogen) atoms. The van der Waals surface area contributed by atoms with Crippen LogP contribution in [-0.4, -0.2) is 38.3 Å². The maximum Gasteiger partial charge on any atom is 0.262 e. The summed E-state index contributed by atoms with van der Waals surface area (Å²) in [5.41, 5.74) is 2.89. The highest BCUT2D eigenvalue weighted by atomic mass is 32.2. The molecule has 2 aromatic rings. The summed E-state index contributed by atoms with van der Waals surface area (Å²) >= 11 is 0. The number of nitrogens with zero attached hydrogens (tertiary/aromatic N) is 1. The molecule has 6 nitrogen and oxygen atoms in total. The molecule has 0 bridgehead atoms. The lowest BCUT2D eigenvalue weighted by atomic mass is 10.1. The molecular weight excluding hydrogens is 376 g/mol. The van der Waals surface area contributed by atoms with Crippen LogP contribution in [0.3, 0.4) is 0 Å². The van der Waals surface area contributed by atoms with Crippen molar-refractivity contribution < 1.29 is 17.9 Å². The van der Waals surface area contributed by atoms with E-state index in [4.69, 9.17) is 4.74 Å². The first-order chi connectivity index (χ1) is 13.3. The zero-order valence-electron chi connectivity index (χ0n) is 16.9. The summed E-state index contributed by atoms with van der Waals surface area (Å²) < 4.78 is 31.9. The van der Waals surface area contributed by atoms with Crippen LogP contribution in [0.4, 0.5) is 5.69 Å². The largest absolute Gasteiger partial charge is 0.484 e. The van der Waals surface area contributed by atoms with E-state index in [2.05, 4.69) is 5.32 Å². The lowest BCUT2D eigenvalue weighted by Gasteiger charge is -2.18. The molecule has 0 saturated heterocycles. The number of hydrogen-bond donors (Lipinski definition) is 1. The molecule has 1 N–H and O–H groups in total. The van der Waals surface area contributed by atoms with Crippen LogP contribution < -0.4 is 10.1 Å². The molecule has 2 rings (SSSR count). The smallest absolute Gasteiger partial charge is 0.262 e. The van der Waals surface area contributed by atoms with Gasteiger partial charge in [0.05, 0.1) is 4.90 Å². The van der Waals surface area contributed by atoms with E-state index in [9.17, 15) is 13.2 Å². The topological polar surface area (TPSA) is 75.7 Å². The minimum Gasteiger partial charge on any atom is -0.484 e. The van der Waals surface area contributed by atoms with Crippen molar-refractivity contribution in [3.05, 3.63) is 53.6 Å². The number of hydrogen-bond acceptors (Lipinski definition) is 4. The van der Waals surface area contributed by atoms with E-state index in [1.165, 1.54) is 16.4 Å². The summed E-state index contributed by atoms with van der Waals surface area (Å²) in [5, 5.41) is 2.90. The van der Waals surface area contributed by atoms with Crippen LogP contribution in [0.15, 0.2) is 47.4 Å². The number of ether oxygens (including phenoxy) is 1. The van der Waals surface area contributed by atoms with E-state index >= 15 is 0 Å². The predicted molar refractivity (Wildman–Crippen MR) is 111 cm³/mol. The Balaban J connectivity index is 2.01. The van der Waals surface area contributed by atoms with E-state index in [1.807, 2.05) is 32.0 Å². The van der Waals surface area contributed by atoms with E-state index in [-0.39, 0.29) is 17.4 Å². The van der Waals surface area contributed by atoms with Crippen LogP contribution >= 0.6 is 0 Å². The van der Waals surface area contributed by atoms with Gasteiger partial charge in [0, 0.05) is 18.8 Å². The molecule has 0 atom stereocenters. The molecule has 7 heteroatoms. The van der Waals surface area contributed by atoms with Crippen molar-refractivity contribution in [3.8, 4) is 5.75 Å². The van der Waals surface area contributed by atoms with Gasteiger partial charge in [-0.15, -0.1) is 0 Å². The first kappa shape index (κ1) is 21.9. The maximum absolute atomic E-state index is 12.5. The molecule has 0 aliphatic carbocycles. The number of carbonyl (C=O) groups is 1. The summed E-state index contributed by atoms with van der Waals surface area (Å²) in [6.07, 6.45) is 0.820. The third-order valence-electron chi connectivity index (χ3n) is 4.54. The van der Waals surface area contributed by atoms with Crippen LogP contribution in [0.1, 0.15) is 31.9 Å². The molecule has 0 heterocycles. The molecule has 0 fully saturated rings. The van der Waals surface area contributed by atoms with Crippen molar-refractivity contribution >= 4 is 21.6 Å². The predicted octanol–water partition coefficient (Wildman–Crippen LogP) is 3.61. The summed E-state index contributed by atoms with van der Waals surface area (Å²) in [6, 6.07) is 12.0. The van der Waals surface area contributed by atoms with Crippen molar-refractivity contribution in [2.45, 2.75) is 39.0 Å². The van der Waals surface area contributed by atoms with E-state index in [0.29, 0.717) is 18.8 Å². The Morgan fingerprint density at radius 3 is 2.25 bits per heavy atom. The molecule has 152 valence electrons. The number of rotatable bonds is 9. The summed E-state index contributed by atoms with van der Waals surface area (Å²) in [5.74, 6) is 0.179. The highest BCUT2D eigenvalue weighted by Gasteiger charge is 2.21. The highest BCUT2D eigenvalue weighted by molar-refractivity contribution is 7.89. The van der Waals surface area contributed by atoms with Gasteiger partial charge >= 0.3 is 0 Å². The van der Waals surface area contributed by atoms with E-state index in [0.717, 1.165) is 23.2 Å². The zero-order chi connectivity index (χ0) is 20.7. The molecule has 2 aromatic carbocycles. The third kappa shape index (κ3) is 5.11. The fourth-order valence-corrected chi connectivity index (χ4v) is 4.40. The second-order valence-electron chi connectivity index (χ2n) is 6.36. The van der Waals surface area contributed by atoms with Gasteiger partial charge in [0.1, 0.15) is 5.75 Å². The van der Waals surface area contributed by atoms with Crippen LogP contribution in [0, 0.1) is 6.92 Å². The Bertz CT molecular complexity index is 905. The minimum absolute atomic E-state index is 0.153. The lowest BCUT2D eigenvalue weighted by Crippen LogP contribution is -2.30. The Hall–Kier alpha value is -2.38. The van der Waals surface area contributed by atoms with Gasteiger partial charge < -0.3 is 10.1 Å². The number of anilines is 1. The van der Waals surface area contributed by atoms with Crippen molar-refractivity contribution in [3.63, 3.8) is 0 Å². The van der Waals surface area contributed by atoms with Crippen LogP contribution in [0.5, 0.6) is 5.75 Å². The number of amides is 1. The molecular formula is C21H28N2O4S. The van der Waals surface area contributed by atoms with Crippen molar-refractivity contribution in [1.82, 2.24) is 4.31 Å². The van der Waals surface area contributed by atoms with Crippen molar-refractivity contribution in [2.75, 3.05) is 25.0 Å². The molecule has 0 aliphatic rings. The number of sulfonamides is 1. The average Bonchev–Trinajstić information content (AvgIpc) is 2.69. The number of benzene rings is 2. The normalized spacial score (nSPS) is 11.5. The van der Waals surface area contributed by atoms with Gasteiger partial charge in [-0.25, -0.2) is 8.42 Å². The van der Waals surface area contributed by atoms with Gasteiger partial charge in [-0.2, -0.15) is 4.31 Å². The second-order valence-corrected chi connectivity index (χ2v) is 8.30. The Labute approximate surface area is 167 Å². The average molecular weight is 405 g/mol. The molecule has 0 unspecified atom stereocenters. The molecule has 0 spiro atoms. The molecule has 0 aliphatic heterocycles. The van der Waals surface area contributed by atoms with E-state index in [1.54, 1.807) is 26.0 Å². The number of para-hydroxylation sites is 1. The SMILES string of the molecule is CCc1cccc(C)c1NC(=O)COc1ccc(S(=O)(=O)N(CC)CC)cc1. The number of nitrogens with one attached hydrogen (secondary N) is 1. The highest BCUT2D eigenvalue weighted by Crippen LogP contribution is 2.22. The Kier molecular flexibility index (Phi) is 7.60. The summed E-state index contributed by atoms with van der Waals surface area (Å²) in [6.45, 7) is 8.26. The van der Waals surface area contributed by atoms with Gasteiger partial charge in [0.25, 0.3) is 5.91 Å². The second kappa shape index (κ2) is 9.71. The van der Waals surface area contributed by atoms with E-state index < -0.39 is 10.0 Å². The standard InChI is InChI=1S/C21H28N2O4S/c1-5-17-10-8-9-16(4)21(17)22-20(24)15-27-18-11-13-19(14-12-18)28(25,26)23(6-2)7-3/h8-14H,5-7,15H2,1-4H3,(H,22,24). The first-order valence-corrected chi connectivity index (χ1v) is 10.9. The Morgan fingerprint density at radius 1 is 1.04 bits per heavy atom. The van der Waals surface area contributed by atoms with Gasteiger partial charge in [0.15, 0.2) is 6.61 Å². The molecule has 0 saturated carbocycles. The summed E-state index contributed by atoms with van der Waals surface area (Å²) in [7, 11) is -3.50. The van der Waals surface area contributed by atoms with Gasteiger partial charge in [-0.3, -0.25) is 4.79 Å². The zero-order valence-corrected chi connectivity index (χ0v) is 17.7. The molecule has 1 amide bonds. The Morgan fingerprint density at radius 2 is 1.68 bits per heavy atom. The number of carbonyl (C=O) groups excluding carboxylic acids is 1. The van der Waals surface area contributed by atoms with Crippen LogP contribution in [0.25, 0.3) is 0 Å². The fourth-order valence-electron chi connectivity index (χ4n) is 2.95. The monoisotopic (exact) mass is 404 g/mol. The fraction of sp³-hybridized carbons (Fsp3) is 0.381. The first-order valence-electron chi connectivity index (χ1n) is 9.44. The minimum atomic E-state index is -3.50. The van der Waals surface area contributed by atoms with Crippen molar-refractivity contribution in [2.24, 2.45) is 0 Å². The lowest BCUT2D eigenvalue weighted by molar-refractivity contribution is -0.118. The van der Waals surface area contributed by atoms with Gasteiger partial charge in [0.2, 0.25) is 10.0 Å². The maximum atomic E-state index is 12.5. The molecule has 0 aromatic heterocycles. The summed E-state index contributed by atoms with van der Waals surface area (Å²) in [4.78, 5) is 12.5. The van der Waals surface area contributed by atoms with Crippen LogP contribution in [0.2, 0.25) is 0 Å². The third-order valence-corrected chi connectivity index (χ3v) is 6.61. The number of aryl methyl sites for hydroxylation is 2.